The summed E-state index contributed by atoms with van der Waals surface area (Å²) >= 11 is 0. The third-order valence-corrected chi connectivity index (χ3v) is 4.07. The van der Waals surface area contributed by atoms with Gasteiger partial charge in [-0.25, -0.2) is 0 Å². The molecule has 1 saturated carbocycles. The van der Waals surface area contributed by atoms with E-state index >= 15 is 0 Å². The van der Waals surface area contributed by atoms with Gasteiger partial charge in [0.05, 0.1) is 0 Å². The number of hydrogen-bond acceptors (Lipinski definition) is 4. The van der Waals surface area contributed by atoms with Gasteiger partial charge in [0.15, 0.2) is 0 Å². The molecule has 1 aliphatic rings. The molecule has 5 nitrogen and oxygen atoms in total. The highest BCUT2D eigenvalue weighted by molar-refractivity contribution is 5.66. The van der Waals surface area contributed by atoms with Gasteiger partial charge in [0.2, 0.25) is 11.8 Å². The minimum absolute atomic E-state index is 0.145. The van der Waals surface area contributed by atoms with Gasteiger partial charge in [-0.2, -0.15) is 0 Å². The van der Waals surface area contributed by atoms with Gasteiger partial charge in [0, 0.05) is 18.8 Å². The van der Waals surface area contributed by atoms with Crippen LogP contribution in [0.4, 0.5) is 0 Å². The normalized spacial score (nSPS) is 22.3. The predicted molar refractivity (Wildman–Crippen MR) is 69.9 cm³/mol. The molecule has 0 aromatic carbocycles. The highest BCUT2D eigenvalue weighted by atomic mass is 16.4. The molecule has 19 heavy (non-hydrogen) atoms. The summed E-state index contributed by atoms with van der Waals surface area (Å²) in [5, 5.41) is 16.8. The van der Waals surface area contributed by atoms with E-state index in [0.717, 1.165) is 12.3 Å². The monoisotopic (exact) mass is 266 g/mol. The predicted octanol–water partition coefficient (Wildman–Crippen LogP) is 3.16. The second-order valence-electron chi connectivity index (χ2n) is 6.07. The first-order valence-electron chi connectivity index (χ1n) is 7.03. The second-order valence-corrected chi connectivity index (χ2v) is 6.07. The van der Waals surface area contributed by atoms with Crippen LogP contribution in [-0.4, -0.2) is 21.3 Å². The number of carbonyl (C=O) groups is 1. The largest absolute Gasteiger partial charge is 0.481 e. The molecule has 106 valence electrons. The molecule has 1 unspecified atom stereocenters. The third-order valence-electron chi connectivity index (χ3n) is 4.07. The number of carboxylic acid groups (broad SMARTS) is 1. The van der Waals surface area contributed by atoms with Crippen molar-refractivity contribution in [3.8, 4) is 0 Å². The van der Waals surface area contributed by atoms with Crippen molar-refractivity contribution in [1.82, 2.24) is 10.2 Å². The number of aromatic nitrogens is 2. The Balaban J connectivity index is 1.98. The molecule has 2 rings (SSSR count). The topological polar surface area (TPSA) is 76.2 Å². The summed E-state index contributed by atoms with van der Waals surface area (Å²) in [5.74, 6) is 0.850. The Labute approximate surface area is 113 Å². The van der Waals surface area contributed by atoms with Crippen LogP contribution in [0.15, 0.2) is 4.42 Å². The number of nitrogens with zero attached hydrogens (tertiary/aromatic N) is 2. The summed E-state index contributed by atoms with van der Waals surface area (Å²) in [4.78, 5) is 10.5. The summed E-state index contributed by atoms with van der Waals surface area (Å²) in [6.45, 7) is 4.51. The molecule has 1 aromatic heterocycles. The first kappa shape index (κ1) is 14.0. The SMILES string of the molecule is CC1(C)CCCCC1c1nnc(CCCC(=O)O)o1. The van der Waals surface area contributed by atoms with E-state index in [9.17, 15) is 4.79 Å². The Kier molecular flexibility index (Phi) is 4.22. The van der Waals surface area contributed by atoms with Crippen LogP contribution in [0.3, 0.4) is 0 Å². The molecule has 1 atom stereocenters. The number of carboxylic acids is 1. The van der Waals surface area contributed by atoms with Crippen molar-refractivity contribution in [2.45, 2.75) is 64.7 Å². The average Bonchev–Trinajstić information content (AvgIpc) is 2.76. The first-order chi connectivity index (χ1) is 8.99. The maximum Gasteiger partial charge on any atom is 0.303 e. The van der Waals surface area contributed by atoms with Crippen molar-refractivity contribution in [2.75, 3.05) is 0 Å². The summed E-state index contributed by atoms with van der Waals surface area (Å²) < 4.78 is 5.73. The van der Waals surface area contributed by atoms with Gasteiger partial charge in [-0.15, -0.1) is 10.2 Å². The molecule has 1 aliphatic carbocycles. The Morgan fingerprint density at radius 3 is 2.89 bits per heavy atom. The quantitative estimate of drug-likeness (QED) is 0.885. The zero-order valence-electron chi connectivity index (χ0n) is 11.7. The number of aliphatic carboxylic acids is 1. The van der Waals surface area contributed by atoms with E-state index in [4.69, 9.17) is 9.52 Å². The molecule has 0 bridgehead atoms. The molecule has 1 N–H and O–H groups in total. The Morgan fingerprint density at radius 2 is 2.21 bits per heavy atom. The second kappa shape index (κ2) is 5.72. The maximum absolute atomic E-state index is 10.5. The van der Waals surface area contributed by atoms with Gasteiger partial charge in [-0.3, -0.25) is 4.79 Å². The summed E-state index contributed by atoms with van der Waals surface area (Å²) in [6, 6.07) is 0. The average molecular weight is 266 g/mol. The zero-order valence-corrected chi connectivity index (χ0v) is 11.7. The number of aryl methyl sites for hydroxylation is 1. The van der Waals surface area contributed by atoms with E-state index in [0.29, 0.717) is 24.7 Å². The molecule has 0 amide bonds. The lowest BCUT2D eigenvalue weighted by molar-refractivity contribution is -0.137. The molecule has 1 heterocycles. The summed E-state index contributed by atoms with van der Waals surface area (Å²) in [5.41, 5.74) is 0.211. The van der Waals surface area contributed by atoms with Crippen molar-refractivity contribution in [3.05, 3.63) is 11.8 Å². The lowest BCUT2D eigenvalue weighted by Gasteiger charge is -2.36. The van der Waals surface area contributed by atoms with E-state index in [1.807, 2.05) is 0 Å². The van der Waals surface area contributed by atoms with Gasteiger partial charge >= 0.3 is 5.97 Å². The number of rotatable bonds is 5. The molecule has 0 saturated heterocycles. The van der Waals surface area contributed by atoms with Crippen LogP contribution in [-0.2, 0) is 11.2 Å². The lowest BCUT2D eigenvalue weighted by Crippen LogP contribution is -2.26. The van der Waals surface area contributed by atoms with Crippen LogP contribution in [0, 0.1) is 5.41 Å². The van der Waals surface area contributed by atoms with E-state index in [-0.39, 0.29) is 11.8 Å². The summed E-state index contributed by atoms with van der Waals surface area (Å²) in [6.07, 6.45) is 6.01. The van der Waals surface area contributed by atoms with Gasteiger partial charge < -0.3 is 9.52 Å². The minimum Gasteiger partial charge on any atom is -0.481 e. The van der Waals surface area contributed by atoms with Crippen LogP contribution in [0.5, 0.6) is 0 Å². The van der Waals surface area contributed by atoms with E-state index in [1.165, 1.54) is 19.3 Å². The molecule has 5 heteroatoms. The molecule has 0 radical (unpaired) electrons. The molecule has 1 aromatic rings. The van der Waals surface area contributed by atoms with Crippen LogP contribution < -0.4 is 0 Å². The first-order valence-corrected chi connectivity index (χ1v) is 7.03. The van der Waals surface area contributed by atoms with Crippen molar-refractivity contribution in [1.29, 1.82) is 0 Å². The molecule has 0 aliphatic heterocycles. The van der Waals surface area contributed by atoms with Gasteiger partial charge in [-0.05, 0) is 24.7 Å². The van der Waals surface area contributed by atoms with Crippen molar-refractivity contribution in [3.63, 3.8) is 0 Å². The molecular weight excluding hydrogens is 244 g/mol. The van der Waals surface area contributed by atoms with Crippen molar-refractivity contribution >= 4 is 5.97 Å². The van der Waals surface area contributed by atoms with E-state index in [1.54, 1.807) is 0 Å². The Morgan fingerprint density at radius 1 is 1.42 bits per heavy atom. The minimum atomic E-state index is -0.784. The van der Waals surface area contributed by atoms with Gasteiger partial charge in [-0.1, -0.05) is 26.7 Å². The molecule has 0 spiro atoms. The zero-order chi connectivity index (χ0) is 13.9. The third kappa shape index (κ3) is 3.55. The standard InChI is InChI=1S/C14H22N2O3/c1-14(2)9-4-3-6-10(14)13-16-15-11(19-13)7-5-8-12(17)18/h10H,3-9H2,1-2H3,(H,17,18). The van der Waals surface area contributed by atoms with Gasteiger partial charge in [0.1, 0.15) is 0 Å². The smallest absolute Gasteiger partial charge is 0.303 e. The summed E-state index contributed by atoms with van der Waals surface area (Å²) in [7, 11) is 0. The fourth-order valence-corrected chi connectivity index (χ4v) is 2.85. The highest BCUT2D eigenvalue weighted by Crippen LogP contribution is 2.46. The molecular formula is C14H22N2O3. The Hall–Kier alpha value is -1.39. The van der Waals surface area contributed by atoms with Crippen LogP contribution in [0.25, 0.3) is 0 Å². The van der Waals surface area contributed by atoms with Crippen LogP contribution in [0.1, 0.15) is 70.1 Å². The molecule has 1 fully saturated rings. The lowest BCUT2D eigenvalue weighted by atomic mass is 9.69. The maximum atomic E-state index is 10.5. The van der Waals surface area contributed by atoms with Crippen LogP contribution in [0.2, 0.25) is 0 Å². The fourth-order valence-electron chi connectivity index (χ4n) is 2.85. The van der Waals surface area contributed by atoms with Crippen LogP contribution >= 0.6 is 0 Å². The van der Waals surface area contributed by atoms with Gasteiger partial charge in [0.25, 0.3) is 0 Å². The fraction of sp³-hybridized carbons (Fsp3) is 0.786. The van der Waals surface area contributed by atoms with E-state index < -0.39 is 5.97 Å². The Bertz CT molecular complexity index is 440. The van der Waals surface area contributed by atoms with Crippen molar-refractivity contribution in [2.24, 2.45) is 5.41 Å². The highest BCUT2D eigenvalue weighted by Gasteiger charge is 2.36. The van der Waals surface area contributed by atoms with Crippen molar-refractivity contribution < 1.29 is 14.3 Å². The number of hydrogen-bond donors (Lipinski definition) is 1. The van der Waals surface area contributed by atoms with E-state index in [2.05, 4.69) is 24.0 Å².